The van der Waals surface area contributed by atoms with Gasteiger partial charge in [0.25, 0.3) is 0 Å². The fourth-order valence-corrected chi connectivity index (χ4v) is 2.48. The molecule has 1 amide bonds. The standard InChI is InChI=1S/C15H19N5O/c1-11-3-2-7-16-14(11)15(12-4-5-12)19-13(21)6-8-20-9-17-18-10-20/h2-3,7,9-10,12,15H,4-6,8H2,1H3,(H,19,21)/t15-/m0/s1. The Balaban J connectivity index is 1.63. The van der Waals surface area contributed by atoms with Gasteiger partial charge in [-0.05, 0) is 37.3 Å². The summed E-state index contributed by atoms with van der Waals surface area (Å²) in [6.45, 7) is 2.64. The van der Waals surface area contributed by atoms with Crippen molar-refractivity contribution < 1.29 is 4.79 Å². The average molecular weight is 285 g/mol. The van der Waals surface area contributed by atoms with Gasteiger partial charge in [0.1, 0.15) is 12.7 Å². The quantitative estimate of drug-likeness (QED) is 0.875. The number of rotatable bonds is 6. The van der Waals surface area contributed by atoms with Crippen LogP contribution in [0.15, 0.2) is 31.0 Å². The second kappa shape index (κ2) is 6.03. The molecule has 0 aliphatic heterocycles. The van der Waals surface area contributed by atoms with Gasteiger partial charge in [0.15, 0.2) is 0 Å². The van der Waals surface area contributed by atoms with Gasteiger partial charge < -0.3 is 9.88 Å². The number of carbonyl (C=O) groups excluding carboxylic acids is 1. The Morgan fingerprint density at radius 2 is 2.19 bits per heavy atom. The number of nitrogens with zero attached hydrogens (tertiary/aromatic N) is 4. The zero-order valence-corrected chi connectivity index (χ0v) is 12.1. The number of hydrogen-bond donors (Lipinski definition) is 1. The lowest BCUT2D eigenvalue weighted by Gasteiger charge is -2.19. The second-order valence-corrected chi connectivity index (χ2v) is 5.54. The van der Waals surface area contributed by atoms with E-state index in [0.29, 0.717) is 18.9 Å². The fourth-order valence-electron chi connectivity index (χ4n) is 2.48. The van der Waals surface area contributed by atoms with Crippen LogP contribution in [0.25, 0.3) is 0 Å². The van der Waals surface area contributed by atoms with Gasteiger partial charge in [-0.3, -0.25) is 9.78 Å². The van der Waals surface area contributed by atoms with E-state index in [4.69, 9.17) is 0 Å². The molecule has 1 atom stereocenters. The van der Waals surface area contributed by atoms with E-state index in [1.54, 1.807) is 23.4 Å². The van der Waals surface area contributed by atoms with Crippen molar-refractivity contribution in [1.82, 2.24) is 25.1 Å². The van der Waals surface area contributed by atoms with E-state index in [0.717, 1.165) is 24.1 Å². The van der Waals surface area contributed by atoms with Crippen molar-refractivity contribution in [3.05, 3.63) is 42.2 Å². The molecular weight excluding hydrogens is 266 g/mol. The van der Waals surface area contributed by atoms with Crippen LogP contribution in [0.2, 0.25) is 0 Å². The molecule has 3 rings (SSSR count). The fraction of sp³-hybridized carbons (Fsp3) is 0.467. The Labute approximate surface area is 123 Å². The topological polar surface area (TPSA) is 72.7 Å². The minimum absolute atomic E-state index is 0.0413. The summed E-state index contributed by atoms with van der Waals surface area (Å²) < 4.78 is 1.80. The largest absolute Gasteiger partial charge is 0.347 e. The summed E-state index contributed by atoms with van der Waals surface area (Å²) in [6, 6.07) is 4.01. The second-order valence-electron chi connectivity index (χ2n) is 5.54. The van der Waals surface area contributed by atoms with Crippen LogP contribution in [-0.2, 0) is 11.3 Å². The molecule has 6 nitrogen and oxygen atoms in total. The molecule has 110 valence electrons. The van der Waals surface area contributed by atoms with Crippen LogP contribution in [0, 0.1) is 12.8 Å². The smallest absolute Gasteiger partial charge is 0.222 e. The first-order valence-electron chi connectivity index (χ1n) is 7.27. The first-order valence-corrected chi connectivity index (χ1v) is 7.27. The lowest BCUT2D eigenvalue weighted by Crippen LogP contribution is -2.31. The normalized spacial score (nSPS) is 15.7. The van der Waals surface area contributed by atoms with Crippen molar-refractivity contribution in [2.75, 3.05) is 0 Å². The molecule has 21 heavy (non-hydrogen) atoms. The molecule has 1 N–H and O–H groups in total. The molecule has 6 heteroatoms. The summed E-state index contributed by atoms with van der Waals surface area (Å²) in [5.74, 6) is 0.572. The van der Waals surface area contributed by atoms with Gasteiger partial charge in [-0.15, -0.1) is 10.2 Å². The lowest BCUT2D eigenvalue weighted by molar-refractivity contribution is -0.122. The molecule has 2 aromatic rings. The monoisotopic (exact) mass is 285 g/mol. The molecule has 0 radical (unpaired) electrons. The van der Waals surface area contributed by atoms with Crippen molar-refractivity contribution in [2.45, 2.75) is 38.8 Å². The van der Waals surface area contributed by atoms with Gasteiger partial charge in [0.2, 0.25) is 5.91 Å². The molecule has 1 aliphatic carbocycles. The van der Waals surface area contributed by atoms with Crippen LogP contribution in [0.4, 0.5) is 0 Å². The molecule has 2 aromatic heterocycles. The molecule has 2 heterocycles. The van der Waals surface area contributed by atoms with Crippen molar-refractivity contribution in [3.8, 4) is 0 Å². The molecule has 1 aliphatic rings. The maximum Gasteiger partial charge on any atom is 0.222 e. The number of aryl methyl sites for hydroxylation is 2. The highest BCUT2D eigenvalue weighted by Gasteiger charge is 2.34. The van der Waals surface area contributed by atoms with Crippen molar-refractivity contribution in [2.24, 2.45) is 5.92 Å². The van der Waals surface area contributed by atoms with Gasteiger partial charge in [0.05, 0.1) is 11.7 Å². The highest BCUT2D eigenvalue weighted by Crippen LogP contribution is 2.41. The molecule has 0 aromatic carbocycles. The number of aromatic nitrogens is 4. The van der Waals surface area contributed by atoms with E-state index in [-0.39, 0.29) is 11.9 Å². The Morgan fingerprint density at radius 3 is 2.86 bits per heavy atom. The van der Waals surface area contributed by atoms with Gasteiger partial charge in [-0.2, -0.15) is 0 Å². The van der Waals surface area contributed by atoms with Gasteiger partial charge in [-0.25, -0.2) is 0 Å². The zero-order valence-electron chi connectivity index (χ0n) is 12.1. The highest BCUT2D eigenvalue weighted by molar-refractivity contribution is 5.76. The summed E-state index contributed by atoms with van der Waals surface area (Å²) in [5.41, 5.74) is 2.13. The molecule has 0 spiro atoms. The third kappa shape index (κ3) is 3.45. The van der Waals surface area contributed by atoms with Crippen molar-refractivity contribution >= 4 is 5.91 Å². The maximum atomic E-state index is 12.2. The first kappa shape index (κ1) is 13.7. The number of amides is 1. The van der Waals surface area contributed by atoms with E-state index in [1.807, 2.05) is 19.1 Å². The Morgan fingerprint density at radius 1 is 1.43 bits per heavy atom. The maximum absolute atomic E-state index is 12.2. The van der Waals surface area contributed by atoms with E-state index >= 15 is 0 Å². The Bertz CT molecular complexity index is 606. The molecule has 1 saturated carbocycles. The number of hydrogen-bond acceptors (Lipinski definition) is 4. The predicted molar refractivity (Wildman–Crippen MR) is 77.2 cm³/mol. The van der Waals surface area contributed by atoms with E-state index in [9.17, 15) is 4.79 Å². The van der Waals surface area contributed by atoms with Crippen LogP contribution in [0.1, 0.15) is 36.6 Å². The first-order chi connectivity index (χ1) is 10.2. The number of nitrogens with one attached hydrogen (secondary N) is 1. The summed E-state index contributed by atoms with van der Waals surface area (Å²) in [4.78, 5) is 16.6. The van der Waals surface area contributed by atoms with Gasteiger partial charge in [0, 0.05) is 19.2 Å². The average Bonchev–Trinajstić information content (AvgIpc) is 3.19. The van der Waals surface area contributed by atoms with Crippen LogP contribution in [-0.4, -0.2) is 25.7 Å². The van der Waals surface area contributed by atoms with Crippen LogP contribution in [0.5, 0.6) is 0 Å². The van der Waals surface area contributed by atoms with E-state index < -0.39 is 0 Å². The Hall–Kier alpha value is -2.24. The molecular formula is C15H19N5O. The third-order valence-electron chi connectivity index (χ3n) is 3.82. The van der Waals surface area contributed by atoms with Crippen LogP contribution >= 0.6 is 0 Å². The molecule has 1 fully saturated rings. The summed E-state index contributed by atoms with van der Waals surface area (Å²) in [5, 5.41) is 10.6. The zero-order chi connectivity index (χ0) is 14.7. The van der Waals surface area contributed by atoms with Crippen LogP contribution < -0.4 is 5.32 Å². The number of carbonyl (C=O) groups is 1. The summed E-state index contributed by atoms with van der Waals surface area (Å²) in [6.07, 6.45) is 7.77. The third-order valence-corrected chi connectivity index (χ3v) is 3.82. The van der Waals surface area contributed by atoms with E-state index in [2.05, 4.69) is 20.5 Å². The predicted octanol–water partition coefficient (Wildman–Crippen LogP) is 1.64. The van der Waals surface area contributed by atoms with Crippen LogP contribution in [0.3, 0.4) is 0 Å². The molecule has 0 unspecified atom stereocenters. The molecule has 0 bridgehead atoms. The minimum Gasteiger partial charge on any atom is -0.347 e. The van der Waals surface area contributed by atoms with Gasteiger partial charge >= 0.3 is 0 Å². The highest BCUT2D eigenvalue weighted by atomic mass is 16.1. The van der Waals surface area contributed by atoms with Crippen molar-refractivity contribution in [3.63, 3.8) is 0 Å². The summed E-state index contributed by atoms with van der Waals surface area (Å²) in [7, 11) is 0. The lowest BCUT2D eigenvalue weighted by atomic mass is 10.0. The van der Waals surface area contributed by atoms with Gasteiger partial charge in [-0.1, -0.05) is 6.07 Å². The van der Waals surface area contributed by atoms with Crippen molar-refractivity contribution in [1.29, 1.82) is 0 Å². The number of pyridine rings is 1. The SMILES string of the molecule is Cc1cccnc1[C@@H](NC(=O)CCn1cnnc1)C1CC1. The Kier molecular flexibility index (Phi) is 3.94. The summed E-state index contributed by atoms with van der Waals surface area (Å²) >= 11 is 0. The minimum atomic E-state index is 0.0413. The molecule has 0 saturated heterocycles. The van der Waals surface area contributed by atoms with E-state index in [1.165, 1.54) is 0 Å².